The Bertz CT molecular complexity index is 1180. The Balaban J connectivity index is 1.21. The molecule has 2 aromatic carbocycles. The van der Waals surface area contributed by atoms with Crippen LogP contribution in [0.3, 0.4) is 0 Å². The van der Waals surface area contributed by atoms with Gasteiger partial charge in [0, 0.05) is 49.0 Å². The molecule has 0 aliphatic carbocycles. The van der Waals surface area contributed by atoms with E-state index in [1.807, 2.05) is 60.5 Å². The van der Waals surface area contributed by atoms with E-state index in [-0.39, 0.29) is 11.2 Å². The lowest BCUT2D eigenvalue weighted by Crippen LogP contribution is -2.50. The molecule has 5 rings (SSSR count). The van der Waals surface area contributed by atoms with Crippen LogP contribution < -0.4 is 4.90 Å². The number of rotatable bonds is 5. The smallest absolute Gasteiger partial charge is 0.277 e. The van der Waals surface area contributed by atoms with Crippen molar-refractivity contribution in [2.75, 3.05) is 31.1 Å². The van der Waals surface area contributed by atoms with Crippen LogP contribution in [0.4, 0.5) is 5.69 Å². The Labute approximate surface area is 184 Å². The van der Waals surface area contributed by atoms with Crippen molar-refractivity contribution in [3.8, 4) is 11.5 Å². The second kappa shape index (κ2) is 8.47. The van der Waals surface area contributed by atoms with Gasteiger partial charge in [0.25, 0.3) is 11.1 Å². The molecule has 0 saturated carbocycles. The molecule has 3 heterocycles. The molecule has 1 saturated heterocycles. The third kappa shape index (κ3) is 4.03. The number of thioether (sulfide) groups is 1. The maximum atomic E-state index is 12.9. The highest BCUT2D eigenvalue weighted by Gasteiger charge is 2.27. The van der Waals surface area contributed by atoms with Gasteiger partial charge in [0.05, 0.1) is 10.8 Å². The fourth-order valence-electron chi connectivity index (χ4n) is 3.90. The molecule has 0 spiro atoms. The molecule has 7 nitrogen and oxygen atoms in total. The number of piperazine rings is 1. The number of para-hydroxylation sites is 2. The molecule has 31 heavy (non-hydrogen) atoms. The van der Waals surface area contributed by atoms with Crippen LogP contribution in [0.2, 0.25) is 0 Å². The lowest BCUT2D eigenvalue weighted by molar-refractivity contribution is -0.130. The zero-order chi connectivity index (χ0) is 21.2. The maximum absolute atomic E-state index is 12.9. The Morgan fingerprint density at radius 2 is 1.77 bits per heavy atom. The second-order valence-corrected chi connectivity index (χ2v) is 8.82. The number of amides is 1. The molecule has 1 aliphatic heterocycles. The average molecular weight is 434 g/mol. The number of aromatic nitrogens is 3. The number of carbonyl (C=O) groups excluding carboxylic acids is 1. The van der Waals surface area contributed by atoms with Crippen molar-refractivity contribution in [1.29, 1.82) is 0 Å². The summed E-state index contributed by atoms with van der Waals surface area (Å²) in [6.07, 6.45) is 1.87. The van der Waals surface area contributed by atoms with Crippen LogP contribution in [-0.2, 0) is 4.79 Å². The van der Waals surface area contributed by atoms with Crippen molar-refractivity contribution in [2.45, 2.75) is 17.4 Å². The predicted molar refractivity (Wildman–Crippen MR) is 122 cm³/mol. The standard InChI is InChI=1S/C23H23N5O2S/c1-16(22(29)28-13-11-27(12-14-28)17-7-3-2-4-8-17)31-23-26-25-21(30-23)19-15-24-20-10-6-5-9-18(19)20/h2-10,15-16,24H,11-14H2,1H3. The molecular weight excluding hydrogens is 410 g/mol. The van der Waals surface area contributed by atoms with Crippen molar-refractivity contribution < 1.29 is 9.21 Å². The number of nitrogens with zero attached hydrogens (tertiary/aromatic N) is 4. The zero-order valence-corrected chi connectivity index (χ0v) is 18.0. The third-order valence-corrected chi connectivity index (χ3v) is 6.49. The molecule has 2 aromatic heterocycles. The largest absolute Gasteiger partial charge is 0.411 e. The summed E-state index contributed by atoms with van der Waals surface area (Å²) in [4.78, 5) is 20.4. The van der Waals surface area contributed by atoms with Gasteiger partial charge in [-0.2, -0.15) is 0 Å². The number of aromatic amines is 1. The number of benzene rings is 2. The van der Waals surface area contributed by atoms with Crippen LogP contribution in [0, 0.1) is 0 Å². The lowest BCUT2D eigenvalue weighted by atomic mass is 10.2. The van der Waals surface area contributed by atoms with Gasteiger partial charge in [0.1, 0.15) is 0 Å². The summed E-state index contributed by atoms with van der Waals surface area (Å²) in [6.45, 7) is 4.98. The van der Waals surface area contributed by atoms with E-state index in [9.17, 15) is 4.79 Å². The first-order chi connectivity index (χ1) is 15.2. The quantitative estimate of drug-likeness (QED) is 0.479. The Hall–Kier alpha value is -3.26. The van der Waals surface area contributed by atoms with Gasteiger partial charge in [-0.25, -0.2) is 0 Å². The number of carbonyl (C=O) groups is 1. The van der Waals surface area contributed by atoms with E-state index in [1.54, 1.807) is 0 Å². The highest BCUT2D eigenvalue weighted by molar-refractivity contribution is 8.00. The Morgan fingerprint density at radius 3 is 2.58 bits per heavy atom. The van der Waals surface area contributed by atoms with Gasteiger partial charge in [-0.3, -0.25) is 4.79 Å². The van der Waals surface area contributed by atoms with Gasteiger partial charge in [-0.05, 0) is 25.1 Å². The van der Waals surface area contributed by atoms with Crippen molar-refractivity contribution in [3.05, 3.63) is 60.8 Å². The molecule has 1 aliphatic rings. The van der Waals surface area contributed by atoms with Crippen LogP contribution in [0.5, 0.6) is 0 Å². The number of H-pyrrole nitrogens is 1. The first kappa shape index (κ1) is 19.7. The number of anilines is 1. The van der Waals surface area contributed by atoms with Crippen LogP contribution in [0.15, 0.2) is 70.4 Å². The van der Waals surface area contributed by atoms with Crippen LogP contribution in [0.25, 0.3) is 22.4 Å². The van der Waals surface area contributed by atoms with E-state index in [4.69, 9.17) is 4.42 Å². The molecule has 0 radical (unpaired) electrons. The van der Waals surface area contributed by atoms with Crippen molar-refractivity contribution in [2.24, 2.45) is 0 Å². The number of fused-ring (bicyclic) bond motifs is 1. The van der Waals surface area contributed by atoms with Crippen LogP contribution in [-0.4, -0.2) is 57.4 Å². The number of nitrogens with one attached hydrogen (secondary N) is 1. The summed E-state index contributed by atoms with van der Waals surface area (Å²) in [5.41, 5.74) is 3.08. The Morgan fingerprint density at radius 1 is 1.03 bits per heavy atom. The van der Waals surface area contributed by atoms with E-state index in [0.29, 0.717) is 24.2 Å². The maximum Gasteiger partial charge on any atom is 0.277 e. The molecule has 158 valence electrons. The van der Waals surface area contributed by atoms with Gasteiger partial charge >= 0.3 is 0 Å². The van der Waals surface area contributed by atoms with Gasteiger partial charge < -0.3 is 19.2 Å². The highest BCUT2D eigenvalue weighted by atomic mass is 32.2. The molecule has 1 fully saturated rings. The third-order valence-electron chi connectivity index (χ3n) is 5.56. The van der Waals surface area contributed by atoms with Crippen molar-refractivity contribution in [1.82, 2.24) is 20.1 Å². The van der Waals surface area contributed by atoms with Gasteiger partial charge in [-0.1, -0.05) is 48.2 Å². The van der Waals surface area contributed by atoms with Gasteiger partial charge in [0.2, 0.25) is 5.91 Å². The molecule has 4 aromatic rings. The molecular formula is C23H23N5O2S. The summed E-state index contributed by atoms with van der Waals surface area (Å²) in [7, 11) is 0. The molecule has 1 atom stereocenters. The number of hydrogen-bond acceptors (Lipinski definition) is 6. The summed E-state index contributed by atoms with van der Waals surface area (Å²) in [5, 5.41) is 9.48. The minimum absolute atomic E-state index is 0.101. The lowest BCUT2D eigenvalue weighted by Gasteiger charge is -2.37. The normalized spacial score (nSPS) is 15.4. The molecule has 8 heteroatoms. The average Bonchev–Trinajstić information content (AvgIpc) is 3.46. The van der Waals surface area contributed by atoms with Gasteiger partial charge in [-0.15, -0.1) is 10.2 Å². The minimum Gasteiger partial charge on any atom is -0.411 e. The summed E-state index contributed by atoms with van der Waals surface area (Å²) >= 11 is 1.31. The first-order valence-electron chi connectivity index (χ1n) is 10.3. The van der Waals surface area contributed by atoms with Crippen molar-refractivity contribution >= 4 is 34.3 Å². The van der Waals surface area contributed by atoms with Gasteiger partial charge in [0.15, 0.2) is 0 Å². The summed E-state index contributed by atoms with van der Waals surface area (Å²) in [6, 6.07) is 18.3. The molecule has 0 bridgehead atoms. The van der Waals surface area contributed by atoms with Crippen molar-refractivity contribution in [3.63, 3.8) is 0 Å². The topological polar surface area (TPSA) is 78.3 Å². The zero-order valence-electron chi connectivity index (χ0n) is 17.2. The van der Waals surface area contributed by atoms with E-state index in [0.717, 1.165) is 29.6 Å². The minimum atomic E-state index is -0.292. The predicted octanol–water partition coefficient (Wildman–Crippen LogP) is 4.05. The fourth-order valence-corrected chi connectivity index (χ4v) is 4.66. The highest BCUT2D eigenvalue weighted by Crippen LogP contribution is 2.31. The second-order valence-electron chi connectivity index (χ2n) is 7.53. The Kier molecular flexibility index (Phi) is 5.38. The molecule has 1 N–H and O–H groups in total. The SMILES string of the molecule is CC(Sc1nnc(-c2c[nH]c3ccccc23)o1)C(=O)N1CCN(c2ccccc2)CC1. The first-order valence-corrected chi connectivity index (χ1v) is 11.2. The molecule has 1 amide bonds. The number of hydrogen-bond donors (Lipinski definition) is 1. The summed E-state index contributed by atoms with van der Waals surface area (Å²) in [5.74, 6) is 0.556. The fraction of sp³-hybridized carbons (Fsp3) is 0.261. The summed E-state index contributed by atoms with van der Waals surface area (Å²) < 4.78 is 5.86. The van der Waals surface area contributed by atoms with Crippen LogP contribution >= 0.6 is 11.8 Å². The van der Waals surface area contributed by atoms with E-state index in [1.165, 1.54) is 17.4 Å². The van der Waals surface area contributed by atoms with E-state index in [2.05, 4.69) is 32.2 Å². The monoisotopic (exact) mass is 433 g/mol. The molecule has 1 unspecified atom stereocenters. The van der Waals surface area contributed by atoms with Crippen LogP contribution in [0.1, 0.15) is 6.92 Å². The van der Waals surface area contributed by atoms with E-state index >= 15 is 0 Å². The van der Waals surface area contributed by atoms with E-state index < -0.39 is 0 Å².